The van der Waals surface area contributed by atoms with Gasteiger partial charge in [-0.25, -0.2) is 0 Å². The molecule has 0 fully saturated rings. The Hall–Kier alpha value is -0.835. The van der Waals surface area contributed by atoms with Crippen LogP contribution in [0.1, 0.15) is 0 Å². The zero-order chi connectivity index (χ0) is 10.1. The molecule has 1 nitrogen and oxygen atoms in total. The minimum absolute atomic E-state index is 0.0294. The zero-order valence-corrected chi connectivity index (χ0v) is 6.99. The van der Waals surface area contributed by atoms with E-state index in [1.807, 2.05) is 0 Å². The van der Waals surface area contributed by atoms with Crippen molar-refractivity contribution in [2.45, 2.75) is 6.36 Å². The van der Waals surface area contributed by atoms with Crippen LogP contribution in [0.3, 0.4) is 0 Å². The van der Waals surface area contributed by atoms with Crippen LogP contribution in [0.5, 0.6) is 5.75 Å². The highest BCUT2D eigenvalue weighted by Crippen LogP contribution is 2.22. The van der Waals surface area contributed by atoms with Crippen molar-refractivity contribution >= 4 is 24.9 Å². The summed E-state index contributed by atoms with van der Waals surface area (Å²) < 4.78 is 38.8. The maximum Gasteiger partial charge on any atom is 0.573 e. The standard InChI is InChI=1S/C7H3BClF3O/c8-6-4(9)2-1-3-5(6)13-7(10,11)12/h1-3H. The third-order valence-electron chi connectivity index (χ3n) is 1.24. The Morgan fingerprint density at radius 3 is 2.46 bits per heavy atom. The molecule has 1 rings (SSSR count). The lowest BCUT2D eigenvalue weighted by molar-refractivity contribution is -0.274. The summed E-state index contributed by atoms with van der Waals surface area (Å²) in [5, 5.41) is 0.0294. The maximum atomic E-state index is 11.7. The summed E-state index contributed by atoms with van der Waals surface area (Å²) in [5.74, 6) is -0.486. The third-order valence-corrected chi connectivity index (χ3v) is 1.57. The summed E-state index contributed by atoms with van der Waals surface area (Å²) in [6.45, 7) is 0. The average Bonchev–Trinajstić information content (AvgIpc) is 1.96. The molecule has 1 aromatic carbocycles. The van der Waals surface area contributed by atoms with Gasteiger partial charge in [-0.05, 0) is 17.6 Å². The average molecular weight is 206 g/mol. The number of halogens is 4. The number of benzene rings is 1. The molecule has 1 aromatic rings. The van der Waals surface area contributed by atoms with Gasteiger partial charge in [-0.3, -0.25) is 0 Å². The topological polar surface area (TPSA) is 9.23 Å². The number of ether oxygens (including phenoxy) is 1. The summed E-state index contributed by atoms with van der Waals surface area (Å²) in [5.41, 5.74) is -0.221. The van der Waals surface area contributed by atoms with Crippen molar-refractivity contribution in [2.24, 2.45) is 0 Å². The fraction of sp³-hybridized carbons (Fsp3) is 0.143. The molecule has 6 heteroatoms. The van der Waals surface area contributed by atoms with Gasteiger partial charge in [-0.2, -0.15) is 0 Å². The van der Waals surface area contributed by atoms with Gasteiger partial charge in [0.1, 0.15) is 13.6 Å². The lowest BCUT2D eigenvalue weighted by Crippen LogP contribution is -2.22. The fourth-order valence-electron chi connectivity index (χ4n) is 0.731. The summed E-state index contributed by atoms with van der Waals surface area (Å²) in [7, 11) is 5.23. The van der Waals surface area contributed by atoms with Crippen molar-refractivity contribution in [1.82, 2.24) is 0 Å². The Balaban J connectivity index is 2.96. The van der Waals surface area contributed by atoms with Gasteiger partial charge in [-0.1, -0.05) is 17.7 Å². The Kier molecular flexibility index (Phi) is 2.76. The fourth-order valence-corrected chi connectivity index (χ4v) is 0.897. The van der Waals surface area contributed by atoms with E-state index in [9.17, 15) is 13.2 Å². The van der Waals surface area contributed by atoms with Gasteiger partial charge in [0.25, 0.3) is 0 Å². The first-order valence-electron chi connectivity index (χ1n) is 3.20. The van der Waals surface area contributed by atoms with E-state index in [-0.39, 0.29) is 10.5 Å². The van der Waals surface area contributed by atoms with Crippen LogP contribution < -0.4 is 10.2 Å². The molecule has 0 saturated heterocycles. The molecule has 0 aromatic heterocycles. The minimum atomic E-state index is -4.75. The molecule has 0 aliphatic carbocycles. The van der Waals surface area contributed by atoms with Gasteiger partial charge in [0.05, 0.1) is 0 Å². The second kappa shape index (κ2) is 3.50. The van der Waals surface area contributed by atoms with E-state index in [1.54, 1.807) is 0 Å². The van der Waals surface area contributed by atoms with E-state index in [2.05, 4.69) is 4.74 Å². The highest BCUT2D eigenvalue weighted by atomic mass is 35.5. The second-order valence-corrected chi connectivity index (χ2v) is 2.61. The summed E-state index contributed by atoms with van der Waals surface area (Å²) in [6, 6.07) is 3.79. The molecule has 0 N–H and O–H groups in total. The first-order valence-corrected chi connectivity index (χ1v) is 3.57. The molecule has 0 aliphatic rings. The van der Waals surface area contributed by atoms with Crippen LogP contribution in [-0.2, 0) is 0 Å². The van der Waals surface area contributed by atoms with Crippen LogP contribution in [-0.4, -0.2) is 14.2 Å². The van der Waals surface area contributed by atoms with Crippen molar-refractivity contribution in [3.8, 4) is 5.75 Å². The quantitative estimate of drug-likeness (QED) is 0.639. The summed E-state index contributed by atoms with van der Waals surface area (Å²) in [4.78, 5) is 0. The zero-order valence-electron chi connectivity index (χ0n) is 6.23. The molecule has 0 atom stereocenters. The van der Waals surface area contributed by atoms with E-state index in [0.717, 1.165) is 6.07 Å². The highest BCUT2D eigenvalue weighted by molar-refractivity contribution is 6.46. The van der Waals surface area contributed by atoms with Crippen LogP contribution in [0.4, 0.5) is 13.2 Å². The molecule has 68 valence electrons. The Morgan fingerprint density at radius 2 is 1.92 bits per heavy atom. The van der Waals surface area contributed by atoms with Crippen molar-refractivity contribution in [3.63, 3.8) is 0 Å². The van der Waals surface area contributed by atoms with Gasteiger partial charge in [0.15, 0.2) is 0 Å². The molecular weight excluding hydrogens is 203 g/mol. The van der Waals surface area contributed by atoms with Crippen LogP contribution >= 0.6 is 11.6 Å². The third kappa shape index (κ3) is 2.84. The number of hydrogen-bond donors (Lipinski definition) is 0. The molecule has 0 unspecified atom stereocenters. The van der Waals surface area contributed by atoms with E-state index in [0.29, 0.717) is 0 Å². The van der Waals surface area contributed by atoms with Gasteiger partial charge >= 0.3 is 6.36 Å². The first kappa shape index (κ1) is 10.2. The highest BCUT2D eigenvalue weighted by Gasteiger charge is 2.31. The second-order valence-electron chi connectivity index (χ2n) is 2.20. The number of rotatable bonds is 1. The summed E-state index contributed by atoms with van der Waals surface area (Å²) >= 11 is 5.47. The van der Waals surface area contributed by atoms with Gasteiger partial charge in [0, 0.05) is 5.02 Å². The predicted octanol–water partition coefficient (Wildman–Crippen LogP) is 2.03. The molecular formula is C7H3BClF3O. The van der Waals surface area contributed by atoms with E-state index in [4.69, 9.17) is 19.4 Å². The van der Waals surface area contributed by atoms with Crippen LogP contribution in [0.2, 0.25) is 5.02 Å². The number of hydrogen-bond acceptors (Lipinski definition) is 1. The first-order chi connectivity index (χ1) is 5.90. The lowest BCUT2D eigenvalue weighted by Gasteiger charge is -2.11. The normalized spacial score (nSPS) is 11.4. The molecule has 2 radical (unpaired) electrons. The molecule has 0 aliphatic heterocycles. The van der Waals surface area contributed by atoms with Crippen molar-refractivity contribution in [2.75, 3.05) is 0 Å². The van der Waals surface area contributed by atoms with E-state index >= 15 is 0 Å². The van der Waals surface area contributed by atoms with Crippen LogP contribution in [0.25, 0.3) is 0 Å². The van der Waals surface area contributed by atoms with Gasteiger partial charge < -0.3 is 4.74 Å². The SMILES string of the molecule is [B]c1c(Cl)cccc1OC(F)(F)F. The van der Waals surface area contributed by atoms with Crippen molar-refractivity contribution < 1.29 is 17.9 Å². The van der Waals surface area contributed by atoms with Crippen LogP contribution in [0.15, 0.2) is 18.2 Å². The minimum Gasteiger partial charge on any atom is -0.406 e. The Morgan fingerprint density at radius 1 is 1.31 bits per heavy atom. The van der Waals surface area contributed by atoms with E-state index in [1.165, 1.54) is 12.1 Å². The molecule has 13 heavy (non-hydrogen) atoms. The van der Waals surface area contributed by atoms with Crippen LogP contribution in [0, 0.1) is 0 Å². The van der Waals surface area contributed by atoms with Crippen molar-refractivity contribution in [1.29, 1.82) is 0 Å². The molecule has 0 saturated carbocycles. The molecule has 0 heterocycles. The maximum absolute atomic E-state index is 11.7. The number of alkyl halides is 3. The Labute approximate surface area is 78.9 Å². The predicted molar refractivity (Wildman–Crippen MR) is 43.5 cm³/mol. The smallest absolute Gasteiger partial charge is 0.406 e. The van der Waals surface area contributed by atoms with Crippen molar-refractivity contribution in [3.05, 3.63) is 23.2 Å². The molecule has 0 amide bonds. The lowest BCUT2D eigenvalue weighted by atomic mass is 9.95. The largest absolute Gasteiger partial charge is 0.573 e. The van der Waals surface area contributed by atoms with Gasteiger partial charge in [0.2, 0.25) is 0 Å². The molecule has 0 bridgehead atoms. The Bertz CT molecular complexity index is 313. The van der Waals surface area contributed by atoms with E-state index < -0.39 is 12.1 Å². The summed E-state index contributed by atoms with van der Waals surface area (Å²) in [6.07, 6.45) is -4.75. The van der Waals surface area contributed by atoms with Gasteiger partial charge in [-0.15, -0.1) is 13.2 Å². The monoisotopic (exact) mass is 206 g/mol. The molecule has 0 spiro atoms.